The molecule has 6 heteroatoms. The van der Waals surface area contributed by atoms with Crippen molar-refractivity contribution in [3.05, 3.63) is 88.4 Å². The third-order valence-electron chi connectivity index (χ3n) is 4.60. The quantitative estimate of drug-likeness (QED) is 0.491. The van der Waals surface area contributed by atoms with Gasteiger partial charge in [-0.25, -0.2) is 0 Å². The lowest BCUT2D eigenvalue weighted by Crippen LogP contribution is -2.16. The van der Waals surface area contributed by atoms with Gasteiger partial charge in [0.05, 0.1) is 0 Å². The summed E-state index contributed by atoms with van der Waals surface area (Å²) in [6.45, 7) is 1.04. The van der Waals surface area contributed by atoms with E-state index in [1.54, 1.807) is 12.1 Å². The van der Waals surface area contributed by atoms with Crippen LogP contribution in [0, 0.1) is 0 Å². The van der Waals surface area contributed by atoms with Crippen LogP contribution in [-0.2, 0) is 4.79 Å². The minimum atomic E-state index is -0.208. The first-order chi connectivity index (χ1) is 14.1. The predicted octanol–water partition coefficient (Wildman–Crippen LogP) is 3.55. The van der Waals surface area contributed by atoms with Gasteiger partial charge in [0.1, 0.15) is 21.1 Å². The van der Waals surface area contributed by atoms with Gasteiger partial charge in [-0.15, -0.1) is 0 Å². The zero-order valence-electron chi connectivity index (χ0n) is 15.9. The van der Waals surface area contributed by atoms with Gasteiger partial charge < -0.3 is 14.8 Å². The molecule has 0 saturated heterocycles. The molecule has 0 unspecified atom stereocenters. The van der Waals surface area contributed by atoms with Gasteiger partial charge in [0.25, 0.3) is 0 Å². The maximum Gasteiger partial charge on any atom is 0.249 e. The SMILES string of the molecule is Bc1ccc(/C(=C\C(=O)Nc2ccc3c(c2)OCCO3)c2ccc(Br)cc2)cc1. The second-order valence-electron chi connectivity index (χ2n) is 6.78. The normalized spacial score (nSPS) is 13.1. The molecule has 1 N–H and O–H groups in total. The van der Waals surface area contributed by atoms with Gasteiger partial charge in [-0.3, -0.25) is 4.79 Å². The maximum atomic E-state index is 12.8. The van der Waals surface area contributed by atoms with Crippen LogP contribution in [0.2, 0.25) is 0 Å². The van der Waals surface area contributed by atoms with E-state index in [1.165, 1.54) is 5.46 Å². The molecular formula is C23H19BBrNO3. The number of hydrogen-bond donors (Lipinski definition) is 1. The van der Waals surface area contributed by atoms with E-state index in [0.717, 1.165) is 21.2 Å². The molecule has 3 aromatic rings. The summed E-state index contributed by atoms with van der Waals surface area (Å²) in [7, 11) is 2.04. The van der Waals surface area contributed by atoms with Gasteiger partial charge in [0, 0.05) is 22.3 Å². The standard InChI is InChI=1S/C23H19BBrNO3/c24-17-5-1-15(2-6-17)20(16-3-7-18(25)8-4-16)14-23(27)26-19-9-10-21-22(13-19)29-12-11-28-21/h1-10,13-14H,11-12,24H2,(H,26,27)/b20-14+. The lowest BCUT2D eigenvalue weighted by atomic mass is 9.91. The Morgan fingerprint density at radius 1 is 0.897 bits per heavy atom. The van der Waals surface area contributed by atoms with Gasteiger partial charge in [-0.1, -0.05) is 57.8 Å². The number of nitrogens with one attached hydrogen (secondary N) is 1. The molecule has 0 aliphatic carbocycles. The van der Waals surface area contributed by atoms with Crippen LogP contribution < -0.4 is 20.3 Å². The molecule has 0 saturated carbocycles. The summed E-state index contributed by atoms with van der Waals surface area (Å²) in [6, 6.07) is 21.5. The Morgan fingerprint density at radius 2 is 1.52 bits per heavy atom. The van der Waals surface area contributed by atoms with Crippen molar-refractivity contribution in [1.29, 1.82) is 0 Å². The fraction of sp³-hybridized carbons (Fsp3) is 0.0870. The maximum absolute atomic E-state index is 12.8. The number of hydrogen-bond acceptors (Lipinski definition) is 3. The summed E-state index contributed by atoms with van der Waals surface area (Å²) in [4.78, 5) is 12.8. The molecule has 1 amide bonds. The van der Waals surface area contributed by atoms with Crippen molar-refractivity contribution in [2.24, 2.45) is 0 Å². The molecule has 0 spiro atoms. The summed E-state index contributed by atoms with van der Waals surface area (Å²) in [5.74, 6) is 1.13. The van der Waals surface area contributed by atoms with Crippen LogP contribution in [-0.4, -0.2) is 27.0 Å². The molecule has 0 fully saturated rings. The fourth-order valence-electron chi connectivity index (χ4n) is 3.13. The molecule has 29 heavy (non-hydrogen) atoms. The molecule has 0 atom stereocenters. The lowest BCUT2D eigenvalue weighted by Gasteiger charge is -2.18. The van der Waals surface area contributed by atoms with Crippen LogP contribution in [0.15, 0.2) is 77.3 Å². The van der Waals surface area contributed by atoms with Gasteiger partial charge in [-0.05, 0) is 41.0 Å². The second-order valence-corrected chi connectivity index (χ2v) is 7.69. The lowest BCUT2D eigenvalue weighted by molar-refractivity contribution is -0.111. The van der Waals surface area contributed by atoms with Crippen molar-refractivity contribution >= 4 is 46.4 Å². The summed E-state index contributed by atoms with van der Waals surface area (Å²) in [5.41, 5.74) is 4.64. The van der Waals surface area contributed by atoms with Gasteiger partial charge >= 0.3 is 0 Å². The minimum absolute atomic E-state index is 0.208. The van der Waals surface area contributed by atoms with Crippen LogP contribution >= 0.6 is 15.9 Å². The smallest absolute Gasteiger partial charge is 0.249 e. The number of ether oxygens (including phenoxy) is 2. The predicted molar refractivity (Wildman–Crippen MR) is 122 cm³/mol. The summed E-state index contributed by atoms with van der Waals surface area (Å²) in [6.07, 6.45) is 1.63. The Balaban J connectivity index is 1.63. The van der Waals surface area contributed by atoms with E-state index in [1.807, 2.05) is 68.5 Å². The third kappa shape index (κ3) is 4.71. The Kier molecular flexibility index (Phi) is 5.72. The van der Waals surface area contributed by atoms with Crippen LogP contribution in [0.1, 0.15) is 11.1 Å². The van der Waals surface area contributed by atoms with E-state index in [0.29, 0.717) is 30.4 Å². The fourth-order valence-corrected chi connectivity index (χ4v) is 3.39. The Hall–Kier alpha value is -2.99. The molecule has 4 nitrogen and oxygen atoms in total. The van der Waals surface area contributed by atoms with E-state index in [9.17, 15) is 4.79 Å². The molecular weight excluding hydrogens is 429 g/mol. The molecule has 144 valence electrons. The first-order valence-corrected chi connectivity index (χ1v) is 10.1. The summed E-state index contributed by atoms with van der Waals surface area (Å²) < 4.78 is 12.1. The number of halogens is 1. The van der Waals surface area contributed by atoms with E-state index >= 15 is 0 Å². The van der Waals surface area contributed by atoms with Crippen LogP contribution in [0.4, 0.5) is 5.69 Å². The second kappa shape index (κ2) is 8.58. The van der Waals surface area contributed by atoms with E-state index in [-0.39, 0.29) is 5.91 Å². The van der Waals surface area contributed by atoms with Crippen molar-refractivity contribution in [2.45, 2.75) is 0 Å². The van der Waals surface area contributed by atoms with E-state index in [2.05, 4.69) is 21.2 Å². The van der Waals surface area contributed by atoms with Crippen molar-refractivity contribution in [3.8, 4) is 11.5 Å². The number of rotatable bonds is 4. The Bertz CT molecular complexity index is 1010. The third-order valence-corrected chi connectivity index (χ3v) is 5.13. The number of amides is 1. The average molecular weight is 448 g/mol. The topological polar surface area (TPSA) is 47.6 Å². The number of carbonyl (C=O) groups is 1. The highest BCUT2D eigenvalue weighted by Gasteiger charge is 2.13. The van der Waals surface area contributed by atoms with Crippen LogP contribution in [0.5, 0.6) is 11.5 Å². The number of anilines is 1. The molecule has 0 aromatic heterocycles. The van der Waals surface area contributed by atoms with Crippen LogP contribution in [0.3, 0.4) is 0 Å². The van der Waals surface area contributed by atoms with Crippen molar-refractivity contribution in [2.75, 3.05) is 18.5 Å². The van der Waals surface area contributed by atoms with Gasteiger partial charge in [0.2, 0.25) is 5.91 Å². The number of benzene rings is 3. The molecule has 3 aromatic carbocycles. The first-order valence-electron chi connectivity index (χ1n) is 9.34. The average Bonchev–Trinajstić information content (AvgIpc) is 2.73. The summed E-state index contributed by atoms with van der Waals surface area (Å²) in [5, 5.41) is 2.92. The highest BCUT2D eigenvalue weighted by Crippen LogP contribution is 2.32. The molecule has 4 rings (SSSR count). The van der Waals surface area contributed by atoms with Crippen LogP contribution in [0.25, 0.3) is 5.57 Å². The zero-order chi connectivity index (χ0) is 20.2. The Morgan fingerprint density at radius 3 is 2.21 bits per heavy atom. The molecule has 0 bridgehead atoms. The number of fused-ring (bicyclic) bond motifs is 1. The van der Waals surface area contributed by atoms with Crippen molar-refractivity contribution < 1.29 is 14.3 Å². The zero-order valence-corrected chi connectivity index (χ0v) is 17.5. The van der Waals surface area contributed by atoms with Gasteiger partial charge in [0.15, 0.2) is 11.5 Å². The monoisotopic (exact) mass is 447 g/mol. The Labute approximate surface area is 179 Å². The molecule has 1 heterocycles. The first kappa shape index (κ1) is 19.3. The number of carbonyl (C=O) groups excluding carboxylic acids is 1. The molecule has 1 aliphatic heterocycles. The van der Waals surface area contributed by atoms with Crippen molar-refractivity contribution in [3.63, 3.8) is 0 Å². The largest absolute Gasteiger partial charge is 0.486 e. The minimum Gasteiger partial charge on any atom is -0.486 e. The highest BCUT2D eigenvalue weighted by molar-refractivity contribution is 9.10. The molecule has 1 aliphatic rings. The highest BCUT2D eigenvalue weighted by atomic mass is 79.9. The van der Waals surface area contributed by atoms with Crippen molar-refractivity contribution in [1.82, 2.24) is 0 Å². The molecule has 0 radical (unpaired) electrons. The van der Waals surface area contributed by atoms with Gasteiger partial charge in [-0.2, -0.15) is 0 Å². The van der Waals surface area contributed by atoms with E-state index in [4.69, 9.17) is 9.47 Å². The summed E-state index contributed by atoms with van der Waals surface area (Å²) >= 11 is 3.46. The van der Waals surface area contributed by atoms with E-state index < -0.39 is 0 Å².